The lowest BCUT2D eigenvalue weighted by Crippen LogP contribution is -2.37. The number of rotatable bonds is 6. The van der Waals surface area contributed by atoms with E-state index in [9.17, 15) is 5.11 Å². The van der Waals surface area contributed by atoms with Crippen molar-refractivity contribution in [1.29, 1.82) is 0 Å². The molecule has 0 aliphatic carbocycles. The van der Waals surface area contributed by atoms with Gasteiger partial charge >= 0.3 is 0 Å². The number of benzene rings is 1. The van der Waals surface area contributed by atoms with E-state index < -0.39 is 5.60 Å². The van der Waals surface area contributed by atoms with Gasteiger partial charge in [-0.25, -0.2) is 0 Å². The quantitative estimate of drug-likeness (QED) is 0.436. The number of alkyl halides is 1. The highest BCUT2D eigenvalue weighted by atomic mass is 127. The first-order valence-electron chi connectivity index (χ1n) is 8.44. The Labute approximate surface area is 151 Å². The second-order valence-electron chi connectivity index (χ2n) is 8.04. The van der Waals surface area contributed by atoms with Crippen molar-refractivity contribution in [3.63, 3.8) is 0 Å². The molecule has 0 radical (unpaired) electrons. The lowest BCUT2D eigenvalue weighted by Gasteiger charge is -2.37. The van der Waals surface area contributed by atoms with Crippen LogP contribution in [0.2, 0.25) is 0 Å². The van der Waals surface area contributed by atoms with Crippen molar-refractivity contribution in [2.24, 2.45) is 17.8 Å². The van der Waals surface area contributed by atoms with Crippen molar-refractivity contribution in [2.75, 3.05) is 0 Å². The average molecular weight is 416 g/mol. The van der Waals surface area contributed by atoms with Crippen molar-refractivity contribution >= 4 is 22.6 Å². The summed E-state index contributed by atoms with van der Waals surface area (Å²) in [6, 6.07) is 8.70. The van der Waals surface area contributed by atoms with E-state index in [-0.39, 0.29) is 15.3 Å². The predicted molar refractivity (Wildman–Crippen MR) is 106 cm³/mol. The van der Waals surface area contributed by atoms with Crippen LogP contribution in [0, 0.1) is 17.8 Å². The van der Waals surface area contributed by atoms with Crippen LogP contribution in [-0.2, 0) is 5.60 Å². The molecule has 0 amide bonds. The smallest absolute Gasteiger partial charge is 0.0941 e. The van der Waals surface area contributed by atoms with Crippen LogP contribution < -0.4 is 0 Å². The molecule has 0 aliphatic rings. The van der Waals surface area contributed by atoms with Gasteiger partial charge in [0, 0.05) is 9.34 Å². The summed E-state index contributed by atoms with van der Waals surface area (Å²) in [5.74, 6) is 1.49. The van der Waals surface area contributed by atoms with Crippen LogP contribution in [0.3, 0.4) is 0 Å². The van der Waals surface area contributed by atoms with E-state index >= 15 is 0 Å². The Bertz CT molecular complexity index is 457. The first-order chi connectivity index (χ1) is 9.92. The van der Waals surface area contributed by atoms with Crippen LogP contribution in [0.1, 0.15) is 72.4 Å². The van der Waals surface area contributed by atoms with Gasteiger partial charge in [0.05, 0.1) is 5.60 Å². The van der Waals surface area contributed by atoms with E-state index in [1.165, 1.54) is 5.56 Å². The molecule has 0 heterocycles. The van der Waals surface area contributed by atoms with E-state index in [0.29, 0.717) is 11.8 Å². The second kappa shape index (κ2) is 7.21. The molecule has 2 heteroatoms. The van der Waals surface area contributed by atoms with Gasteiger partial charge in [-0.3, -0.25) is 0 Å². The van der Waals surface area contributed by atoms with Gasteiger partial charge in [-0.2, -0.15) is 0 Å². The van der Waals surface area contributed by atoms with Crippen LogP contribution in [0.25, 0.3) is 0 Å². The topological polar surface area (TPSA) is 20.2 Å². The SMILES string of the molecule is CC(C)C(c1ccc(C(O)(C(C)C)C(C)C)cc1)C(C)(C)I. The molecule has 0 bridgehead atoms. The Morgan fingerprint density at radius 1 is 0.864 bits per heavy atom. The summed E-state index contributed by atoms with van der Waals surface area (Å²) < 4.78 is 0.208. The van der Waals surface area contributed by atoms with Gasteiger partial charge in [0.2, 0.25) is 0 Å². The summed E-state index contributed by atoms with van der Waals surface area (Å²) in [6.07, 6.45) is 0. The van der Waals surface area contributed by atoms with Crippen LogP contribution in [0.4, 0.5) is 0 Å². The van der Waals surface area contributed by atoms with Crippen molar-refractivity contribution in [3.8, 4) is 0 Å². The van der Waals surface area contributed by atoms with E-state index in [0.717, 1.165) is 5.56 Å². The monoisotopic (exact) mass is 416 g/mol. The van der Waals surface area contributed by atoms with Crippen LogP contribution in [0.15, 0.2) is 24.3 Å². The molecule has 0 spiro atoms. The highest BCUT2D eigenvalue weighted by molar-refractivity contribution is 14.1. The summed E-state index contributed by atoms with van der Waals surface area (Å²) in [5.41, 5.74) is 1.65. The van der Waals surface area contributed by atoms with Crippen LogP contribution >= 0.6 is 22.6 Å². The maximum absolute atomic E-state index is 11.1. The molecule has 0 saturated carbocycles. The van der Waals surface area contributed by atoms with Gasteiger partial charge in [-0.05, 0) is 28.9 Å². The van der Waals surface area contributed by atoms with E-state index in [2.05, 4.69) is 102 Å². The maximum atomic E-state index is 11.1. The van der Waals surface area contributed by atoms with E-state index in [1.54, 1.807) is 0 Å². The van der Waals surface area contributed by atoms with Gasteiger partial charge in [0.1, 0.15) is 0 Å². The van der Waals surface area contributed by atoms with E-state index in [1.807, 2.05) is 0 Å². The Hall–Kier alpha value is -0.0900. The molecule has 1 nitrogen and oxygen atoms in total. The number of aliphatic hydroxyl groups is 1. The molecule has 1 aromatic carbocycles. The summed E-state index contributed by atoms with van der Waals surface area (Å²) in [4.78, 5) is 0. The molecule has 1 rings (SSSR count). The Balaban J connectivity index is 3.24. The molecular formula is C20H33IO. The fourth-order valence-corrected chi connectivity index (χ4v) is 4.94. The fourth-order valence-electron chi connectivity index (χ4n) is 3.86. The van der Waals surface area contributed by atoms with Gasteiger partial charge in [-0.15, -0.1) is 0 Å². The number of halogens is 1. The first kappa shape index (κ1) is 20.0. The molecule has 1 unspecified atom stereocenters. The Kier molecular flexibility index (Phi) is 6.54. The van der Waals surface area contributed by atoms with Crippen molar-refractivity contribution in [1.82, 2.24) is 0 Å². The highest BCUT2D eigenvalue weighted by Gasteiger charge is 2.37. The third kappa shape index (κ3) is 4.05. The normalized spacial score (nSPS) is 15.0. The molecule has 1 atom stereocenters. The molecule has 22 heavy (non-hydrogen) atoms. The molecule has 1 aromatic rings. The highest BCUT2D eigenvalue weighted by Crippen LogP contribution is 2.42. The summed E-state index contributed by atoms with van der Waals surface area (Å²) in [5, 5.41) is 11.1. The zero-order valence-electron chi connectivity index (χ0n) is 15.4. The minimum Gasteiger partial charge on any atom is -0.385 e. The van der Waals surface area contributed by atoms with Crippen molar-refractivity contribution in [3.05, 3.63) is 35.4 Å². The minimum absolute atomic E-state index is 0.195. The van der Waals surface area contributed by atoms with Crippen LogP contribution in [-0.4, -0.2) is 8.53 Å². The third-order valence-electron chi connectivity index (χ3n) is 4.90. The van der Waals surface area contributed by atoms with Crippen molar-refractivity contribution < 1.29 is 5.11 Å². The molecule has 0 fully saturated rings. The van der Waals surface area contributed by atoms with Gasteiger partial charge in [0.15, 0.2) is 0 Å². The van der Waals surface area contributed by atoms with Crippen LogP contribution in [0.5, 0.6) is 0 Å². The second-order valence-corrected chi connectivity index (χ2v) is 10.8. The maximum Gasteiger partial charge on any atom is 0.0941 e. The Morgan fingerprint density at radius 2 is 1.27 bits per heavy atom. The molecule has 1 N–H and O–H groups in total. The zero-order valence-corrected chi connectivity index (χ0v) is 17.6. The fraction of sp³-hybridized carbons (Fsp3) is 0.700. The van der Waals surface area contributed by atoms with Crippen molar-refractivity contribution in [2.45, 2.75) is 70.3 Å². The van der Waals surface area contributed by atoms with Gasteiger partial charge in [0.25, 0.3) is 0 Å². The lowest BCUT2D eigenvalue weighted by atomic mass is 9.74. The lowest BCUT2D eigenvalue weighted by molar-refractivity contribution is -0.0531. The standard InChI is InChI=1S/C20H33IO/c1-13(2)18(19(7,8)21)16-9-11-17(12-10-16)20(22,14(3)4)15(5)6/h9-15,18,22H,1-8H3. The number of hydrogen-bond donors (Lipinski definition) is 1. The first-order valence-corrected chi connectivity index (χ1v) is 9.51. The zero-order chi connectivity index (χ0) is 17.3. The summed E-state index contributed by atoms with van der Waals surface area (Å²) in [7, 11) is 0. The average Bonchev–Trinajstić information content (AvgIpc) is 2.35. The predicted octanol–water partition coefficient (Wildman–Crippen LogP) is 6.14. The summed E-state index contributed by atoms with van der Waals surface area (Å²) in [6.45, 7) is 17.6. The molecular weight excluding hydrogens is 383 g/mol. The largest absolute Gasteiger partial charge is 0.385 e. The van der Waals surface area contributed by atoms with Gasteiger partial charge in [-0.1, -0.05) is 102 Å². The molecule has 0 aliphatic heterocycles. The number of hydrogen-bond acceptors (Lipinski definition) is 1. The molecule has 126 valence electrons. The third-order valence-corrected chi connectivity index (χ3v) is 5.57. The molecule has 0 saturated heterocycles. The molecule has 0 aromatic heterocycles. The van der Waals surface area contributed by atoms with E-state index in [4.69, 9.17) is 0 Å². The van der Waals surface area contributed by atoms with Gasteiger partial charge < -0.3 is 5.11 Å². The minimum atomic E-state index is -0.758. The summed E-state index contributed by atoms with van der Waals surface area (Å²) >= 11 is 2.55. The Morgan fingerprint density at radius 3 is 1.55 bits per heavy atom.